The minimum atomic E-state index is -0.541. The van der Waals surface area contributed by atoms with Crippen molar-refractivity contribution in [3.63, 3.8) is 0 Å². The van der Waals surface area contributed by atoms with Gasteiger partial charge in [-0.2, -0.15) is 5.10 Å². The zero-order valence-electron chi connectivity index (χ0n) is 18.3. The lowest BCUT2D eigenvalue weighted by molar-refractivity contribution is -0.125. The van der Waals surface area contributed by atoms with Gasteiger partial charge in [-0.05, 0) is 42.5 Å². The quantitative estimate of drug-likeness (QED) is 0.437. The molecule has 6 atom stereocenters. The zero-order chi connectivity index (χ0) is 23.8. The highest BCUT2D eigenvalue weighted by atomic mass is 79.9. The van der Waals surface area contributed by atoms with Crippen LogP contribution in [0.15, 0.2) is 88.4 Å². The van der Waals surface area contributed by atoms with Crippen molar-refractivity contribution < 1.29 is 14.3 Å². The van der Waals surface area contributed by atoms with Gasteiger partial charge < -0.3 is 4.74 Å². The van der Waals surface area contributed by atoms with E-state index < -0.39 is 24.0 Å². The number of hydrogen-bond acceptors (Lipinski definition) is 5. The fourth-order valence-electron chi connectivity index (χ4n) is 6.17. The standard InChI is InChI=1S/C27H19BrClN3O3/c28-14-10-12-15(13-11-14)31-26(33)19-20(27(31)34)25-23-21(24(19)35-25)22(17-8-4-5-9-18(17)29)30-32(23)16-6-2-1-3-7-16/h1-13,19-21,23-25H/t19-,20+,21-,23+,24+,25-/m0/s1. The van der Waals surface area contributed by atoms with Gasteiger partial charge in [0, 0.05) is 15.1 Å². The number of amides is 2. The van der Waals surface area contributed by atoms with Crippen LogP contribution in [0.3, 0.4) is 0 Å². The van der Waals surface area contributed by atoms with E-state index in [2.05, 4.69) is 15.9 Å². The molecule has 3 fully saturated rings. The van der Waals surface area contributed by atoms with E-state index in [0.29, 0.717) is 10.7 Å². The Labute approximate surface area is 215 Å². The predicted molar refractivity (Wildman–Crippen MR) is 136 cm³/mol. The molecule has 2 amide bonds. The molecule has 0 N–H and O–H groups in total. The van der Waals surface area contributed by atoms with Crippen LogP contribution in [0.25, 0.3) is 0 Å². The first-order valence-corrected chi connectivity index (χ1v) is 12.7. The smallest absolute Gasteiger partial charge is 0.240 e. The van der Waals surface area contributed by atoms with Crippen molar-refractivity contribution in [2.75, 3.05) is 9.91 Å². The third-order valence-corrected chi connectivity index (χ3v) is 8.41. The average Bonchev–Trinajstić information content (AvgIpc) is 3.60. The van der Waals surface area contributed by atoms with Crippen molar-refractivity contribution in [3.8, 4) is 0 Å². The van der Waals surface area contributed by atoms with Crippen LogP contribution in [-0.4, -0.2) is 35.8 Å². The van der Waals surface area contributed by atoms with Gasteiger partial charge in [-0.1, -0.05) is 63.9 Å². The Bertz CT molecular complexity index is 1400. The molecular formula is C27H19BrClN3O3. The number of benzene rings is 3. The maximum absolute atomic E-state index is 13.7. The lowest BCUT2D eigenvalue weighted by Gasteiger charge is -2.32. The molecule has 0 aliphatic carbocycles. The van der Waals surface area contributed by atoms with Crippen LogP contribution in [0.1, 0.15) is 5.56 Å². The highest BCUT2D eigenvalue weighted by Crippen LogP contribution is 2.56. The number of para-hydroxylation sites is 1. The molecule has 2 bridgehead atoms. The van der Waals surface area contributed by atoms with Crippen molar-refractivity contribution in [2.24, 2.45) is 22.9 Å². The summed E-state index contributed by atoms with van der Waals surface area (Å²) < 4.78 is 7.34. The molecule has 7 rings (SSSR count). The van der Waals surface area contributed by atoms with Crippen LogP contribution in [0.4, 0.5) is 11.4 Å². The Morgan fingerprint density at radius 3 is 2.14 bits per heavy atom. The van der Waals surface area contributed by atoms with E-state index in [9.17, 15) is 9.59 Å². The summed E-state index contributed by atoms with van der Waals surface area (Å²) in [5.41, 5.74) is 3.13. The summed E-state index contributed by atoms with van der Waals surface area (Å²) in [6.07, 6.45) is -0.897. The number of fused-ring (bicyclic) bond motifs is 8. The summed E-state index contributed by atoms with van der Waals surface area (Å²) in [7, 11) is 0. The van der Waals surface area contributed by atoms with Crippen LogP contribution < -0.4 is 9.91 Å². The normalized spacial score (nSPS) is 30.6. The Hall–Kier alpha value is -3.00. The molecule has 4 aliphatic heterocycles. The van der Waals surface area contributed by atoms with E-state index >= 15 is 0 Å². The van der Waals surface area contributed by atoms with Crippen molar-refractivity contribution >= 4 is 56.4 Å². The van der Waals surface area contributed by atoms with Crippen LogP contribution in [0, 0.1) is 17.8 Å². The molecule has 174 valence electrons. The van der Waals surface area contributed by atoms with Crippen LogP contribution in [0.5, 0.6) is 0 Å². The summed E-state index contributed by atoms with van der Waals surface area (Å²) >= 11 is 10.0. The highest BCUT2D eigenvalue weighted by Gasteiger charge is 2.72. The number of hydrazone groups is 1. The molecule has 0 radical (unpaired) electrons. The topological polar surface area (TPSA) is 62.2 Å². The Morgan fingerprint density at radius 1 is 0.771 bits per heavy atom. The third kappa shape index (κ3) is 2.95. The maximum Gasteiger partial charge on any atom is 0.240 e. The molecule has 6 nitrogen and oxygen atoms in total. The third-order valence-electron chi connectivity index (χ3n) is 7.55. The average molecular weight is 549 g/mol. The number of anilines is 2. The number of carbonyl (C=O) groups excluding carboxylic acids is 2. The largest absolute Gasteiger partial charge is 0.370 e. The number of carbonyl (C=O) groups is 2. The summed E-state index contributed by atoms with van der Waals surface area (Å²) in [5, 5.41) is 7.59. The molecule has 4 aliphatic rings. The molecule has 3 saturated heterocycles. The maximum atomic E-state index is 13.7. The van der Waals surface area contributed by atoms with Crippen LogP contribution in [0.2, 0.25) is 5.02 Å². The van der Waals surface area contributed by atoms with Crippen LogP contribution in [-0.2, 0) is 14.3 Å². The summed E-state index contributed by atoms with van der Waals surface area (Å²) in [5.74, 6) is -1.66. The van der Waals surface area contributed by atoms with E-state index in [1.165, 1.54) is 4.90 Å². The molecule has 0 spiro atoms. The molecule has 3 aromatic rings. The zero-order valence-corrected chi connectivity index (χ0v) is 20.6. The molecule has 3 aromatic carbocycles. The summed E-state index contributed by atoms with van der Waals surface area (Å²) in [4.78, 5) is 28.6. The highest BCUT2D eigenvalue weighted by molar-refractivity contribution is 9.10. The number of ether oxygens (including phenoxy) is 1. The van der Waals surface area contributed by atoms with E-state index in [0.717, 1.165) is 21.4 Å². The van der Waals surface area contributed by atoms with Crippen molar-refractivity contribution in [1.82, 2.24) is 0 Å². The fraction of sp³-hybridized carbons (Fsp3) is 0.222. The molecule has 0 unspecified atom stereocenters. The second-order valence-corrected chi connectivity index (χ2v) is 10.6. The second kappa shape index (κ2) is 7.75. The first-order valence-electron chi connectivity index (χ1n) is 11.5. The van der Waals surface area contributed by atoms with Crippen LogP contribution >= 0.6 is 27.5 Å². The molecule has 8 heteroatoms. The predicted octanol–water partition coefficient (Wildman–Crippen LogP) is 4.90. The Balaban J connectivity index is 1.33. The first kappa shape index (κ1) is 21.3. The Morgan fingerprint density at radius 2 is 1.43 bits per heavy atom. The lowest BCUT2D eigenvalue weighted by atomic mass is 9.70. The van der Waals surface area contributed by atoms with Crippen molar-refractivity contribution in [1.29, 1.82) is 0 Å². The van der Waals surface area contributed by atoms with E-state index in [-0.39, 0.29) is 23.8 Å². The van der Waals surface area contributed by atoms with Gasteiger partial charge in [-0.15, -0.1) is 0 Å². The van der Waals surface area contributed by atoms with E-state index in [4.69, 9.17) is 21.4 Å². The van der Waals surface area contributed by atoms with Gasteiger partial charge in [-0.3, -0.25) is 14.6 Å². The summed E-state index contributed by atoms with van der Waals surface area (Å²) in [6, 6.07) is 24.5. The number of nitrogens with zero attached hydrogens (tertiary/aromatic N) is 3. The first-order chi connectivity index (χ1) is 17.0. The number of halogens is 2. The molecule has 0 aromatic heterocycles. The number of imide groups is 1. The summed E-state index contributed by atoms with van der Waals surface area (Å²) in [6.45, 7) is 0. The Kier molecular flexibility index (Phi) is 4.72. The SMILES string of the molecule is O=C1[C@@H]2[C@H]3O[C@@H]([C@@H]2C(=O)N1c1ccc(Br)cc1)[C@H]1[C@@H]3C(c2ccccc2Cl)=NN1c1ccccc1. The van der Waals surface area contributed by atoms with Gasteiger partial charge in [0.15, 0.2) is 0 Å². The minimum absolute atomic E-state index is 0.178. The van der Waals surface area contributed by atoms with Gasteiger partial charge in [-0.25, -0.2) is 4.90 Å². The van der Waals surface area contributed by atoms with Crippen molar-refractivity contribution in [2.45, 2.75) is 18.2 Å². The van der Waals surface area contributed by atoms with E-state index in [1.807, 2.05) is 71.7 Å². The monoisotopic (exact) mass is 547 g/mol. The van der Waals surface area contributed by atoms with Gasteiger partial charge in [0.2, 0.25) is 11.8 Å². The number of hydrogen-bond donors (Lipinski definition) is 0. The molecule has 0 saturated carbocycles. The molecule has 35 heavy (non-hydrogen) atoms. The van der Waals surface area contributed by atoms with Gasteiger partial charge in [0.1, 0.15) is 0 Å². The lowest BCUT2D eigenvalue weighted by Crippen LogP contribution is -2.50. The number of rotatable bonds is 3. The second-order valence-electron chi connectivity index (χ2n) is 9.27. The van der Waals surface area contributed by atoms with Gasteiger partial charge in [0.25, 0.3) is 0 Å². The van der Waals surface area contributed by atoms with Gasteiger partial charge in [0.05, 0.1) is 53.1 Å². The molecule has 4 heterocycles. The minimum Gasteiger partial charge on any atom is -0.370 e. The van der Waals surface area contributed by atoms with Gasteiger partial charge >= 0.3 is 0 Å². The van der Waals surface area contributed by atoms with E-state index in [1.54, 1.807) is 12.1 Å². The van der Waals surface area contributed by atoms with Crippen molar-refractivity contribution in [3.05, 3.63) is 93.9 Å². The molecular weight excluding hydrogens is 530 g/mol. The fourth-order valence-corrected chi connectivity index (χ4v) is 6.67.